The quantitative estimate of drug-likeness (QED) is 0.126. The van der Waals surface area contributed by atoms with Gasteiger partial charge in [-0.05, 0) is 65.6 Å². The summed E-state index contributed by atoms with van der Waals surface area (Å²) >= 11 is 0. The van der Waals surface area contributed by atoms with E-state index in [0.717, 1.165) is 41.8 Å². The topological polar surface area (TPSA) is 146 Å². The largest absolute Gasteiger partial charge is 0.481 e. The molecule has 2 amide bonds. The molecule has 0 radical (unpaired) electrons. The second-order valence-electron chi connectivity index (χ2n) is 10.6. The Labute approximate surface area is 261 Å². The highest BCUT2D eigenvalue weighted by atomic mass is 16.6. The number of rotatable bonds is 14. The van der Waals surface area contributed by atoms with Crippen LogP contribution in [0.1, 0.15) is 52.5 Å². The number of aromatic nitrogens is 1. The number of non-ortho nitro benzene ring substituents is 1. The number of amides is 2. The van der Waals surface area contributed by atoms with E-state index in [-0.39, 0.29) is 36.7 Å². The van der Waals surface area contributed by atoms with Crippen LogP contribution in [-0.4, -0.2) is 57.8 Å². The van der Waals surface area contributed by atoms with Crippen LogP contribution >= 0.6 is 0 Å². The summed E-state index contributed by atoms with van der Waals surface area (Å²) in [6, 6.07) is 22.1. The number of nitro groups is 1. The van der Waals surface area contributed by atoms with E-state index in [2.05, 4.69) is 22.1 Å². The van der Waals surface area contributed by atoms with Crippen molar-refractivity contribution in [2.75, 3.05) is 30.4 Å². The molecule has 0 saturated carbocycles. The Morgan fingerprint density at radius 3 is 2.36 bits per heavy atom. The maximum absolute atomic E-state index is 13.2. The Morgan fingerprint density at radius 1 is 0.933 bits per heavy atom. The van der Waals surface area contributed by atoms with Crippen LogP contribution in [0.25, 0.3) is 11.1 Å². The van der Waals surface area contributed by atoms with Crippen molar-refractivity contribution in [2.45, 2.75) is 32.7 Å². The molecule has 4 aromatic rings. The standard InChI is InChI=1S/C34H35N5O6/c1-3-4-18-37(2)31-15-12-27(21-30(31)36-33(42)25-10-13-29(14-11-25)39(44)45)26-8-5-7-24(20-26)23-38(19-16-32(40)41)34(43)28-9-6-17-35-22-28/h5-15,17,20-22H,3-4,16,18-19,23H2,1-2H3,(H,36,42)(H,40,41). The molecule has 2 N–H and O–H groups in total. The van der Waals surface area contributed by atoms with Crippen molar-refractivity contribution < 1.29 is 24.4 Å². The monoisotopic (exact) mass is 609 g/mol. The number of unbranched alkanes of at least 4 members (excludes halogenated alkanes) is 1. The smallest absolute Gasteiger partial charge is 0.305 e. The van der Waals surface area contributed by atoms with Crippen LogP contribution < -0.4 is 10.2 Å². The predicted octanol–water partition coefficient (Wildman–Crippen LogP) is 6.26. The first-order valence-corrected chi connectivity index (χ1v) is 14.6. The molecule has 11 nitrogen and oxygen atoms in total. The summed E-state index contributed by atoms with van der Waals surface area (Å²) in [6.45, 7) is 3.11. The van der Waals surface area contributed by atoms with Gasteiger partial charge in [0.2, 0.25) is 0 Å². The Bertz CT molecular complexity index is 1660. The highest BCUT2D eigenvalue weighted by Crippen LogP contribution is 2.32. The molecular weight excluding hydrogens is 574 g/mol. The maximum atomic E-state index is 13.2. The molecule has 0 unspecified atom stereocenters. The number of carboxylic acids is 1. The molecule has 0 bridgehead atoms. The number of pyridine rings is 1. The lowest BCUT2D eigenvalue weighted by molar-refractivity contribution is -0.384. The highest BCUT2D eigenvalue weighted by Gasteiger charge is 2.19. The molecule has 45 heavy (non-hydrogen) atoms. The number of carbonyl (C=O) groups excluding carboxylic acids is 2. The molecule has 3 aromatic carbocycles. The van der Waals surface area contributed by atoms with E-state index in [1.807, 2.05) is 49.5 Å². The van der Waals surface area contributed by atoms with E-state index in [1.165, 1.54) is 35.4 Å². The third kappa shape index (κ3) is 8.73. The van der Waals surface area contributed by atoms with E-state index < -0.39 is 16.8 Å². The SMILES string of the molecule is CCCCN(C)c1ccc(-c2cccc(CN(CCC(=O)O)C(=O)c3cccnc3)c2)cc1NC(=O)c1ccc([N+](=O)[O-])cc1. The predicted molar refractivity (Wildman–Crippen MR) is 172 cm³/mol. The molecule has 0 saturated heterocycles. The lowest BCUT2D eigenvalue weighted by atomic mass is 10.0. The molecular formula is C34H35N5O6. The molecule has 0 fully saturated rings. The number of nitrogens with zero attached hydrogens (tertiary/aromatic N) is 4. The number of anilines is 2. The minimum atomic E-state index is -1.000. The lowest BCUT2D eigenvalue weighted by Gasteiger charge is -2.24. The first-order valence-electron chi connectivity index (χ1n) is 14.6. The summed E-state index contributed by atoms with van der Waals surface area (Å²) in [4.78, 5) is 55.9. The van der Waals surface area contributed by atoms with Crippen molar-refractivity contribution >= 4 is 34.8 Å². The minimum absolute atomic E-state index is 0.0326. The van der Waals surface area contributed by atoms with Crippen molar-refractivity contribution in [3.8, 4) is 11.1 Å². The summed E-state index contributed by atoms with van der Waals surface area (Å²) in [6.07, 6.45) is 4.80. The van der Waals surface area contributed by atoms with E-state index in [9.17, 15) is 29.6 Å². The summed E-state index contributed by atoms with van der Waals surface area (Å²) in [5, 5.41) is 23.3. The molecule has 1 heterocycles. The van der Waals surface area contributed by atoms with Gasteiger partial charge in [0.1, 0.15) is 0 Å². The van der Waals surface area contributed by atoms with Gasteiger partial charge >= 0.3 is 5.97 Å². The van der Waals surface area contributed by atoms with Gasteiger partial charge in [0.25, 0.3) is 17.5 Å². The molecule has 1 aromatic heterocycles. The zero-order valence-corrected chi connectivity index (χ0v) is 25.2. The third-order valence-corrected chi connectivity index (χ3v) is 7.27. The van der Waals surface area contributed by atoms with Crippen molar-refractivity contribution in [2.24, 2.45) is 0 Å². The lowest BCUT2D eigenvalue weighted by Crippen LogP contribution is -2.32. The van der Waals surface area contributed by atoms with Crippen LogP contribution in [0.2, 0.25) is 0 Å². The Kier molecular flexibility index (Phi) is 10.9. The number of aliphatic carboxylic acids is 1. The van der Waals surface area contributed by atoms with Crippen LogP contribution in [0.5, 0.6) is 0 Å². The van der Waals surface area contributed by atoms with E-state index in [0.29, 0.717) is 11.3 Å². The second-order valence-corrected chi connectivity index (χ2v) is 10.6. The third-order valence-electron chi connectivity index (χ3n) is 7.27. The molecule has 11 heteroatoms. The van der Waals surface area contributed by atoms with Gasteiger partial charge < -0.3 is 20.2 Å². The minimum Gasteiger partial charge on any atom is -0.481 e. The van der Waals surface area contributed by atoms with Crippen LogP contribution in [0.3, 0.4) is 0 Å². The number of carbonyl (C=O) groups is 3. The van der Waals surface area contributed by atoms with Crippen LogP contribution in [0.4, 0.5) is 17.1 Å². The first-order chi connectivity index (χ1) is 21.7. The summed E-state index contributed by atoms with van der Waals surface area (Å²) in [5.74, 6) is -1.71. The molecule has 0 aliphatic carbocycles. The number of hydrogen-bond donors (Lipinski definition) is 2. The van der Waals surface area contributed by atoms with Gasteiger partial charge in [-0.15, -0.1) is 0 Å². The van der Waals surface area contributed by atoms with Gasteiger partial charge in [-0.3, -0.25) is 29.5 Å². The molecule has 4 rings (SSSR count). The van der Waals surface area contributed by atoms with E-state index in [4.69, 9.17) is 0 Å². The normalized spacial score (nSPS) is 10.6. The van der Waals surface area contributed by atoms with Crippen LogP contribution in [-0.2, 0) is 11.3 Å². The van der Waals surface area contributed by atoms with Crippen molar-refractivity contribution in [1.29, 1.82) is 0 Å². The molecule has 0 spiro atoms. The molecule has 232 valence electrons. The number of carboxylic acid groups (broad SMARTS) is 1. The Balaban J connectivity index is 1.63. The summed E-state index contributed by atoms with van der Waals surface area (Å²) < 4.78 is 0. The fourth-order valence-corrected chi connectivity index (χ4v) is 4.82. The van der Waals surface area contributed by atoms with Crippen molar-refractivity contribution in [3.63, 3.8) is 0 Å². The number of nitrogens with one attached hydrogen (secondary N) is 1. The average molecular weight is 610 g/mol. The molecule has 0 aliphatic rings. The summed E-state index contributed by atoms with van der Waals surface area (Å²) in [7, 11) is 1.96. The fraction of sp³-hybridized carbons (Fsp3) is 0.235. The van der Waals surface area contributed by atoms with Crippen molar-refractivity contribution in [3.05, 3.63) is 118 Å². The van der Waals surface area contributed by atoms with E-state index >= 15 is 0 Å². The highest BCUT2D eigenvalue weighted by molar-refractivity contribution is 6.06. The number of nitro benzene ring substituents is 1. The zero-order valence-electron chi connectivity index (χ0n) is 25.2. The van der Waals surface area contributed by atoms with Gasteiger partial charge in [0, 0.05) is 56.8 Å². The molecule has 0 aliphatic heterocycles. The number of hydrogen-bond acceptors (Lipinski definition) is 7. The average Bonchev–Trinajstić information content (AvgIpc) is 3.05. The molecule has 0 atom stereocenters. The Hall–Kier alpha value is -5.58. The van der Waals surface area contributed by atoms with Crippen molar-refractivity contribution in [1.82, 2.24) is 9.88 Å². The van der Waals surface area contributed by atoms with Crippen LogP contribution in [0.15, 0.2) is 91.3 Å². The van der Waals surface area contributed by atoms with Gasteiger partial charge in [0.15, 0.2) is 0 Å². The maximum Gasteiger partial charge on any atom is 0.305 e. The van der Waals surface area contributed by atoms with Crippen LogP contribution in [0, 0.1) is 10.1 Å². The first kappa shape index (κ1) is 32.3. The van der Waals surface area contributed by atoms with Gasteiger partial charge in [-0.25, -0.2) is 0 Å². The van der Waals surface area contributed by atoms with Gasteiger partial charge in [-0.1, -0.05) is 37.6 Å². The zero-order chi connectivity index (χ0) is 32.3. The summed E-state index contributed by atoms with van der Waals surface area (Å²) in [5.41, 5.74) is 4.42. The Morgan fingerprint density at radius 2 is 1.69 bits per heavy atom. The second kappa shape index (κ2) is 15.2. The number of benzene rings is 3. The van der Waals surface area contributed by atoms with Gasteiger partial charge in [0.05, 0.1) is 28.3 Å². The fourth-order valence-electron chi connectivity index (χ4n) is 4.82. The van der Waals surface area contributed by atoms with E-state index in [1.54, 1.807) is 18.3 Å². The van der Waals surface area contributed by atoms with Gasteiger partial charge in [-0.2, -0.15) is 0 Å².